The molecule has 0 spiro atoms. The van der Waals surface area contributed by atoms with E-state index in [9.17, 15) is 5.26 Å². The number of allylic oxidation sites excluding steroid dienone is 3. The molecule has 0 aromatic heterocycles. The molecule has 0 saturated carbocycles. The fraction of sp³-hybridized carbons (Fsp3) is 0.0488. The van der Waals surface area contributed by atoms with Crippen LogP contribution in [0.1, 0.15) is 27.8 Å². The number of rotatable bonds is 6. The first-order chi connectivity index (χ1) is 21.3. The third-order valence-corrected chi connectivity index (χ3v) is 8.69. The Bertz CT molecular complexity index is 2000. The Hall–Kier alpha value is -5.65. The van der Waals surface area contributed by atoms with Crippen LogP contribution in [0.15, 0.2) is 163 Å². The van der Waals surface area contributed by atoms with Crippen LogP contribution in [0.4, 0.5) is 0 Å². The van der Waals surface area contributed by atoms with E-state index >= 15 is 0 Å². The average molecular weight is 551 g/mol. The molecule has 0 heterocycles. The standard InChI is InChI=1S/C41H30N2/c42-26-25-30(28-43)20-19-29-21-23-31(24-22-29)37-27-39-40(35-16-8-7-15-34(35)37)36-17-9-10-18-38(36)41(39,32-11-3-1-4-12-32)33-13-5-2-6-14-33/h1-18,20-27H,19,42H2/b26-25-,30-20+. The minimum absolute atomic E-state index is 0.456. The number of nitrogens with two attached hydrogens (primary N) is 1. The van der Waals surface area contributed by atoms with Gasteiger partial charge in [-0.2, -0.15) is 5.26 Å². The second-order valence-electron chi connectivity index (χ2n) is 11.0. The van der Waals surface area contributed by atoms with Crippen molar-refractivity contribution in [3.8, 4) is 28.3 Å². The molecule has 0 amide bonds. The number of hydrogen-bond acceptors (Lipinski definition) is 2. The van der Waals surface area contributed by atoms with E-state index in [1.165, 1.54) is 61.5 Å². The molecule has 0 fully saturated rings. The third kappa shape index (κ3) is 4.26. The first kappa shape index (κ1) is 26.3. The molecule has 0 atom stereocenters. The van der Waals surface area contributed by atoms with Crippen LogP contribution < -0.4 is 5.73 Å². The van der Waals surface area contributed by atoms with Gasteiger partial charge in [-0.25, -0.2) is 0 Å². The highest BCUT2D eigenvalue weighted by Gasteiger charge is 2.46. The Kier molecular flexibility index (Phi) is 6.70. The van der Waals surface area contributed by atoms with Crippen molar-refractivity contribution in [2.45, 2.75) is 11.8 Å². The maximum atomic E-state index is 9.35. The lowest BCUT2D eigenvalue weighted by Gasteiger charge is -2.34. The fourth-order valence-corrected chi connectivity index (χ4v) is 6.84. The zero-order chi connectivity index (χ0) is 29.2. The number of nitrogens with zero attached hydrogens (tertiary/aromatic N) is 1. The zero-order valence-electron chi connectivity index (χ0n) is 23.7. The highest BCUT2D eigenvalue weighted by molar-refractivity contribution is 6.10. The van der Waals surface area contributed by atoms with Gasteiger partial charge in [0, 0.05) is 5.57 Å². The third-order valence-electron chi connectivity index (χ3n) is 8.69. The van der Waals surface area contributed by atoms with Crippen molar-refractivity contribution < 1.29 is 0 Å². The van der Waals surface area contributed by atoms with E-state index in [0.717, 1.165) is 5.56 Å². The van der Waals surface area contributed by atoms with Crippen LogP contribution in [0.3, 0.4) is 0 Å². The molecule has 204 valence electrons. The van der Waals surface area contributed by atoms with E-state index in [1.54, 1.807) is 6.08 Å². The van der Waals surface area contributed by atoms with Crippen molar-refractivity contribution in [2.75, 3.05) is 0 Å². The number of benzene rings is 6. The molecule has 7 rings (SSSR count). The summed E-state index contributed by atoms with van der Waals surface area (Å²) in [6.07, 6.45) is 5.61. The molecular formula is C41H30N2. The SMILES string of the molecule is N#CC(/C=C\N)=C/Cc1ccc(-c2cc3c(c4ccccc24)-c2ccccc2C3(c2ccccc2)c2ccccc2)cc1. The lowest BCUT2D eigenvalue weighted by Crippen LogP contribution is -2.28. The first-order valence-corrected chi connectivity index (χ1v) is 14.6. The van der Waals surface area contributed by atoms with Crippen LogP contribution in [0.25, 0.3) is 33.0 Å². The summed E-state index contributed by atoms with van der Waals surface area (Å²) in [5, 5.41) is 11.8. The molecule has 1 aliphatic rings. The molecule has 0 unspecified atom stereocenters. The monoisotopic (exact) mass is 550 g/mol. The summed E-state index contributed by atoms with van der Waals surface area (Å²) in [5.41, 5.74) is 16.8. The molecule has 2 N–H and O–H groups in total. The summed E-state index contributed by atoms with van der Waals surface area (Å²) in [6.45, 7) is 0. The number of nitriles is 1. The van der Waals surface area contributed by atoms with Crippen LogP contribution in [0, 0.1) is 11.3 Å². The van der Waals surface area contributed by atoms with Crippen molar-refractivity contribution in [1.29, 1.82) is 5.26 Å². The van der Waals surface area contributed by atoms with Crippen LogP contribution >= 0.6 is 0 Å². The lowest BCUT2D eigenvalue weighted by molar-refractivity contribution is 0.769. The minimum Gasteiger partial charge on any atom is -0.405 e. The van der Waals surface area contributed by atoms with E-state index in [4.69, 9.17) is 5.73 Å². The van der Waals surface area contributed by atoms with Crippen LogP contribution in [0.2, 0.25) is 0 Å². The molecular weight excluding hydrogens is 520 g/mol. The largest absolute Gasteiger partial charge is 0.405 e. The van der Waals surface area contributed by atoms with Crippen molar-refractivity contribution in [3.05, 3.63) is 191 Å². The Labute approximate surface area is 252 Å². The summed E-state index contributed by atoms with van der Waals surface area (Å²) in [7, 11) is 0. The molecule has 0 aliphatic heterocycles. The van der Waals surface area contributed by atoms with E-state index in [-0.39, 0.29) is 0 Å². The molecule has 0 bridgehead atoms. The Morgan fingerprint density at radius 3 is 1.91 bits per heavy atom. The van der Waals surface area contributed by atoms with Crippen molar-refractivity contribution in [2.24, 2.45) is 5.73 Å². The van der Waals surface area contributed by atoms with Crippen molar-refractivity contribution >= 4 is 10.8 Å². The second-order valence-corrected chi connectivity index (χ2v) is 11.0. The molecule has 2 nitrogen and oxygen atoms in total. The van der Waals surface area contributed by atoms with Crippen LogP contribution in [-0.2, 0) is 11.8 Å². The van der Waals surface area contributed by atoms with E-state index < -0.39 is 5.41 Å². The fourth-order valence-electron chi connectivity index (χ4n) is 6.84. The molecule has 43 heavy (non-hydrogen) atoms. The van der Waals surface area contributed by atoms with Gasteiger partial charge >= 0.3 is 0 Å². The van der Waals surface area contributed by atoms with Gasteiger partial charge in [0.1, 0.15) is 0 Å². The van der Waals surface area contributed by atoms with E-state index in [2.05, 4.69) is 146 Å². The summed E-state index contributed by atoms with van der Waals surface area (Å²) < 4.78 is 0. The Morgan fingerprint density at radius 1 is 0.651 bits per heavy atom. The second kappa shape index (κ2) is 11.0. The highest BCUT2D eigenvalue weighted by Crippen LogP contribution is 2.58. The summed E-state index contributed by atoms with van der Waals surface area (Å²) >= 11 is 0. The summed E-state index contributed by atoms with van der Waals surface area (Å²) in [5.74, 6) is 0. The molecule has 0 radical (unpaired) electrons. The van der Waals surface area contributed by atoms with Gasteiger partial charge in [0.2, 0.25) is 0 Å². The van der Waals surface area contributed by atoms with Gasteiger partial charge in [0.05, 0.1) is 11.5 Å². The number of fused-ring (bicyclic) bond motifs is 5. The van der Waals surface area contributed by atoms with Crippen LogP contribution in [0.5, 0.6) is 0 Å². The zero-order valence-corrected chi connectivity index (χ0v) is 23.7. The minimum atomic E-state index is -0.456. The molecule has 6 aromatic rings. The van der Waals surface area contributed by atoms with Gasteiger partial charge in [0.15, 0.2) is 0 Å². The Balaban J connectivity index is 1.49. The van der Waals surface area contributed by atoms with Gasteiger partial charge in [-0.05, 0) is 85.6 Å². The van der Waals surface area contributed by atoms with E-state index in [1.807, 2.05) is 6.08 Å². The normalized spacial score (nSPS) is 13.5. The predicted molar refractivity (Wildman–Crippen MR) is 177 cm³/mol. The number of hydrogen-bond donors (Lipinski definition) is 1. The van der Waals surface area contributed by atoms with Gasteiger partial charge in [-0.15, -0.1) is 0 Å². The van der Waals surface area contributed by atoms with Gasteiger partial charge in [0.25, 0.3) is 0 Å². The molecule has 6 aromatic carbocycles. The van der Waals surface area contributed by atoms with Gasteiger partial charge in [-0.3, -0.25) is 0 Å². The smallest absolute Gasteiger partial charge is 0.0988 e. The summed E-state index contributed by atoms with van der Waals surface area (Å²) in [6, 6.07) is 52.9. The van der Waals surface area contributed by atoms with Gasteiger partial charge < -0.3 is 5.73 Å². The first-order valence-electron chi connectivity index (χ1n) is 14.6. The predicted octanol–water partition coefficient (Wildman–Crippen LogP) is 9.33. The average Bonchev–Trinajstić information content (AvgIpc) is 3.38. The van der Waals surface area contributed by atoms with E-state index in [0.29, 0.717) is 12.0 Å². The maximum absolute atomic E-state index is 9.35. The maximum Gasteiger partial charge on any atom is 0.0988 e. The van der Waals surface area contributed by atoms with Crippen molar-refractivity contribution in [1.82, 2.24) is 0 Å². The summed E-state index contributed by atoms with van der Waals surface area (Å²) in [4.78, 5) is 0. The topological polar surface area (TPSA) is 49.8 Å². The molecule has 2 heteroatoms. The lowest BCUT2D eigenvalue weighted by atomic mass is 9.67. The van der Waals surface area contributed by atoms with Gasteiger partial charge in [-0.1, -0.05) is 140 Å². The highest BCUT2D eigenvalue weighted by atomic mass is 14.5. The molecule has 0 saturated heterocycles. The van der Waals surface area contributed by atoms with Crippen LogP contribution in [-0.4, -0.2) is 0 Å². The van der Waals surface area contributed by atoms with Crippen molar-refractivity contribution in [3.63, 3.8) is 0 Å². The molecule has 1 aliphatic carbocycles. The Morgan fingerprint density at radius 2 is 1.26 bits per heavy atom. The quantitative estimate of drug-likeness (QED) is 0.166.